The van der Waals surface area contributed by atoms with Crippen LogP contribution in [0.15, 0.2) is 66.7 Å². The Labute approximate surface area is 184 Å². The zero-order chi connectivity index (χ0) is 24.2. The molecular weight excluding hydrogens is 452 g/mol. The van der Waals surface area contributed by atoms with Gasteiger partial charge >= 0.3 is 18.4 Å². The van der Waals surface area contributed by atoms with Crippen LogP contribution in [0.25, 0.3) is 0 Å². The van der Waals surface area contributed by atoms with Crippen molar-refractivity contribution in [3.05, 3.63) is 83.4 Å². The Hall–Kier alpha value is -3.73. The second-order valence-corrected chi connectivity index (χ2v) is 6.85. The van der Waals surface area contributed by atoms with E-state index >= 15 is 0 Å². The first-order valence-corrected chi connectivity index (χ1v) is 9.38. The predicted octanol–water partition coefficient (Wildman–Crippen LogP) is 6.62. The number of rotatable bonds is 5. The average Bonchev–Trinajstić information content (AvgIpc) is 2.74. The van der Waals surface area contributed by atoms with Gasteiger partial charge in [-0.3, -0.25) is 0 Å². The van der Waals surface area contributed by atoms with Crippen LogP contribution >= 0.6 is 0 Å². The number of ether oxygens (including phenoxy) is 1. The lowest BCUT2D eigenvalue weighted by Crippen LogP contribution is -2.20. The summed E-state index contributed by atoms with van der Waals surface area (Å²) in [5.74, 6) is 0.976. The highest BCUT2D eigenvalue weighted by Gasteiger charge is 2.37. The molecule has 33 heavy (non-hydrogen) atoms. The van der Waals surface area contributed by atoms with Crippen LogP contribution in [0, 0.1) is 0 Å². The molecule has 0 aromatic heterocycles. The van der Waals surface area contributed by atoms with Gasteiger partial charge in [-0.15, -0.1) is 0 Å². The second kappa shape index (κ2) is 9.41. The third kappa shape index (κ3) is 6.62. The maximum Gasteiger partial charge on any atom is 0.416 e. The minimum Gasteiger partial charge on any atom is -0.457 e. The van der Waals surface area contributed by atoms with Gasteiger partial charge < -0.3 is 21.1 Å². The summed E-state index contributed by atoms with van der Waals surface area (Å²) in [5, 5.41) is 4.32. The van der Waals surface area contributed by atoms with Gasteiger partial charge in [0.15, 0.2) is 0 Å². The van der Waals surface area contributed by atoms with Crippen molar-refractivity contribution in [3.8, 4) is 11.5 Å². The summed E-state index contributed by atoms with van der Waals surface area (Å²) in [6.07, 6.45) is -10.0. The van der Waals surface area contributed by atoms with Gasteiger partial charge in [0.25, 0.3) is 0 Å². The van der Waals surface area contributed by atoms with Crippen LogP contribution in [0.3, 0.4) is 0 Å². The van der Waals surface area contributed by atoms with Crippen LogP contribution < -0.4 is 21.1 Å². The summed E-state index contributed by atoms with van der Waals surface area (Å²) in [4.78, 5) is 12.1. The first kappa shape index (κ1) is 23.9. The zero-order valence-corrected chi connectivity index (χ0v) is 16.7. The maximum absolute atomic E-state index is 12.9. The SMILES string of the molecule is NCc1cccc(Oc2ccc(NC(=O)Nc3cc(C(F)(F)F)cc(C(F)(F)F)c3)cc2)c1. The van der Waals surface area contributed by atoms with E-state index in [4.69, 9.17) is 10.5 Å². The summed E-state index contributed by atoms with van der Waals surface area (Å²) in [7, 11) is 0. The van der Waals surface area contributed by atoms with Crippen LogP contribution in [0.2, 0.25) is 0 Å². The Bertz CT molecular complexity index is 1100. The van der Waals surface area contributed by atoms with Gasteiger partial charge in [-0.2, -0.15) is 26.3 Å². The molecule has 0 aliphatic carbocycles. The summed E-state index contributed by atoms with van der Waals surface area (Å²) >= 11 is 0. The Morgan fingerprint density at radius 1 is 0.758 bits per heavy atom. The number of urea groups is 1. The molecule has 11 heteroatoms. The van der Waals surface area contributed by atoms with Crippen molar-refractivity contribution in [2.24, 2.45) is 5.73 Å². The number of alkyl halides is 6. The topological polar surface area (TPSA) is 76.4 Å². The lowest BCUT2D eigenvalue weighted by Gasteiger charge is -2.15. The van der Waals surface area contributed by atoms with Crippen molar-refractivity contribution in [1.82, 2.24) is 0 Å². The molecule has 0 saturated heterocycles. The number of halogens is 6. The molecule has 0 saturated carbocycles. The molecule has 5 nitrogen and oxygen atoms in total. The van der Waals surface area contributed by atoms with E-state index in [2.05, 4.69) is 5.32 Å². The summed E-state index contributed by atoms with van der Waals surface area (Å²) in [5.41, 5.74) is 2.95. The highest BCUT2D eigenvalue weighted by Crippen LogP contribution is 2.37. The van der Waals surface area contributed by atoms with E-state index < -0.39 is 35.2 Å². The van der Waals surface area contributed by atoms with Gasteiger partial charge in [-0.05, 0) is 60.2 Å². The standard InChI is InChI=1S/C22H17F6N3O2/c23-21(24,25)14-9-15(22(26,27)28)11-17(10-14)31-20(32)30-16-4-6-18(7-5-16)33-19-3-1-2-13(8-19)12-29/h1-11H,12,29H2,(H2,30,31,32). The highest BCUT2D eigenvalue weighted by molar-refractivity contribution is 5.99. The van der Waals surface area contributed by atoms with Gasteiger partial charge in [0, 0.05) is 17.9 Å². The second-order valence-electron chi connectivity index (χ2n) is 6.85. The van der Waals surface area contributed by atoms with E-state index in [0.29, 0.717) is 30.2 Å². The quantitative estimate of drug-likeness (QED) is 0.368. The van der Waals surface area contributed by atoms with Gasteiger partial charge in [-0.1, -0.05) is 12.1 Å². The average molecular weight is 469 g/mol. The molecule has 0 atom stereocenters. The molecule has 3 aromatic carbocycles. The molecule has 0 bridgehead atoms. The number of hydrogen-bond acceptors (Lipinski definition) is 3. The third-order valence-corrected chi connectivity index (χ3v) is 4.33. The number of hydrogen-bond donors (Lipinski definition) is 3. The van der Waals surface area contributed by atoms with E-state index in [0.717, 1.165) is 5.56 Å². The van der Waals surface area contributed by atoms with Crippen molar-refractivity contribution < 1.29 is 35.9 Å². The molecule has 0 heterocycles. The predicted molar refractivity (Wildman–Crippen MR) is 110 cm³/mol. The smallest absolute Gasteiger partial charge is 0.416 e. The molecule has 174 valence electrons. The molecule has 0 aliphatic rings. The van der Waals surface area contributed by atoms with Gasteiger partial charge in [0.2, 0.25) is 0 Å². The molecule has 3 aromatic rings. The Morgan fingerprint density at radius 2 is 1.33 bits per heavy atom. The molecular formula is C22H17F6N3O2. The molecule has 2 amide bonds. The number of amides is 2. The van der Waals surface area contributed by atoms with Crippen LogP contribution in [-0.2, 0) is 18.9 Å². The molecule has 0 fully saturated rings. The molecule has 4 N–H and O–H groups in total. The molecule has 0 spiro atoms. The summed E-state index contributed by atoms with van der Waals surface area (Å²) < 4.78 is 83.3. The number of nitrogens with one attached hydrogen (secondary N) is 2. The fraction of sp³-hybridized carbons (Fsp3) is 0.136. The van der Waals surface area contributed by atoms with E-state index in [-0.39, 0.29) is 11.8 Å². The molecule has 0 unspecified atom stereocenters. The minimum atomic E-state index is -5.02. The van der Waals surface area contributed by atoms with E-state index in [9.17, 15) is 31.1 Å². The van der Waals surface area contributed by atoms with E-state index in [1.54, 1.807) is 18.2 Å². The van der Waals surface area contributed by atoms with Crippen LogP contribution in [0.4, 0.5) is 42.5 Å². The monoisotopic (exact) mass is 469 g/mol. The minimum absolute atomic E-state index is 0.0228. The Balaban J connectivity index is 1.69. The zero-order valence-electron chi connectivity index (χ0n) is 16.7. The van der Waals surface area contributed by atoms with Crippen molar-refractivity contribution >= 4 is 17.4 Å². The number of carbonyl (C=O) groups excluding carboxylic acids is 1. The van der Waals surface area contributed by atoms with Gasteiger partial charge in [-0.25, -0.2) is 4.79 Å². The first-order chi connectivity index (χ1) is 15.4. The normalized spacial score (nSPS) is 11.7. The Kier molecular flexibility index (Phi) is 6.82. The fourth-order valence-corrected chi connectivity index (χ4v) is 2.80. The highest BCUT2D eigenvalue weighted by atomic mass is 19.4. The molecule has 0 radical (unpaired) electrons. The summed E-state index contributed by atoms with van der Waals surface area (Å²) in [6, 6.07) is 12.8. The largest absolute Gasteiger partial charge is 0.457 e. The summed E-state index contributed by atoms with van der Waals surface area (Å²) in [6.45, 7) is 0.339. The molecule has 3 rings (SSSR count). The Morgan fingerprint density at radius 3 is 1.88 bits per heavy atom. The fourth-order valence-electron chi connectivity index (χ4n) is 2.80. The number of nitrogens with two attached hydrogens (primary N) is 1. The van der Waals surface area contributed by atoms with Crippen LogP contribution in [0.1, 0.15) is 16.7 Å². The van der Waals surface area contributed by atoms with Gasteiger partial charge in [0.05, 0.1) is 11.1 Å². The van der Waals surface area contributed by atoms with E-state index in [1.165, 1.54) is 24.3 Å². The van der Waals surface area contributed by atoms with Crippen LogP contribution in [0.5, 0.6) is 11.5 Å². The lowest BCUT2D eigenvalue weighted by atomic mass is 10.1. The van der Waals surface area contributed by atoms with Crippen molar-refractivity contribution in [2.75, 3.05) is 10.6 Å². The van der Waals surface area contributed by atoms with Gasteiger partial charge in [0.1, 0.15) is 11.5 Å². The van der Waals surface area contributed by atoms with Crippen molar-refractivity contribution in [2.45, 2.75) is 18.9 Å². The third-order valence-electron chi connectivity index (χ3n) is 4.33. The lowest BCUT2D eigenvalue weighted by molar-refractivity contribution is -0.143. The van der Waals surface area contributed by atoms with Crippen molar-refractivity contribution in [3.63, 3.8) is 0 Å². The van der Waals surface area contributed by atoms with E-state index in [1.807, 2.05) is 11.4 Å². The maximum atomic E-state index is 12.9. The van der Waals surface area contributed by atoms with Crippen LogP contribution in [-0.4, -0.2) is 6.03 Å². The number of anilines is 2. The van der Waals surface area contributed by atoms with Crippen molar-refractivity contribution in [1.29, 1.82) is 0 Å². The molecule has 0 aliphatic heterocycles. The number of benzene rings is 3. The number of carbonyl (C=O) groups is 1. The first-order valence-electron chi connectivity index (χ1n) is 9.38.